The molecule has 0 aliphatic rings. The fraction of sp³-hybridized carbons (Fsp3) is 0.100. The van der Waals surface area contributed by atoms with Crippen LogP contribution in [0, 0.1) is 13.8 Å². The minimum atomic E-state index is -4.90. The van der Waals surface area contributed by atoms with E-state index in [1.165, 1.54) is 30.3 Å². The zero-order valence-electron chi connectivity index (χ0n) is 16.1. The van der Waals surface area contributed by atoms with E-state index >= 15 is 0 Å². The number of anilines is 1. The van der Waals surface area contributed by atoms with Gasteiger partial charge in [-0.25, -0.2) is 0 Å². The third-order valence-electron chi connectivity index (χ3n) is 4.87. The average molecular weight is 446 g/mol. The molecule has 0 bridgehead atoms. The van der Waals surface area contributed by atoms with Crippen molar-refractivity contribution in [2.24, 2.45) is 0 Å². The van der Waals surface area contributed by atoms with Crippen molar-refractivity contribution in [1.82, 2.24) is 9.82 Å². The van der Waals surface area contributed by atoms with E-state index in [0.29, 0.717) is 15.3 Å². The zero-order chi connectivity index (χ0) is 21.7. The minimum Gasteiger partial charge on any atom is -0.354 e. The molecule has 0 atom stereocenters. The SMILES string of the molecule is Cc1ccc(C)c2c1[nH]c1cccc(N(NS(=O)(=O)O)S(=O)(=O)c3ccccc3)c12. The number of hydrogen-bond acceptors (Lipinski definition) is 4. The number of benzene rings is 3. The molecule has 10 heteroatoms. The number of H-pyrrole nitrogens is 1. The molecule has 0 unspecified atom stereocenters. The molecule has 156 valence electrons. The Morgan fingerprint density at radius 1 is 0.833 bits per heavy atom. The lowest BCUT2D eigenvalue weighted by Crippen LogP contribution is -2.46. The summed E-state index contributed by atoms with van der Waals surface area (Å²) >= 11 is 0. The van der Waals surface area contributed by atoms with Gasteiger partial charge in [-0.3, -0.25) is 4.55 Å². The molecule has 0 radical (unpaired) electrons. The van der Waals surface area contributed by atoms with Crippen LogP contribution in [0.2, 0.25) is 0 Å². The fourth-order valence-electron chi connectivity index (χ4n) is 3.54. The summed E-state index contributed by atoms with van der Waals surface area (Å²) < 4.78 is 60.0. The smallest absolute Gasteiger partial charge is 0.351 e. The van der Waals surface area contributed by atoms with Crippen molar-refractivity contribution in [2.75, 3.05) is 4.41 Å². The van der Waals surface area contributed by atoms with Gasteiger partial charge in [0.25, 0.3) is 10.0 Å². The number of nitrogens with zero attached hydrogens (tertiary/aromatic N) is 1. The summed E-state index contributed by atoms with van der Waals surface area (Å²) in [5.41, 5.74) is 3.36. The van der Waals surface area contributed by atoms with Crippen LogP contribution in [0.25, 0.3) is 21.8 Å². The molecule has 4 aromatic rings. The number of aromatic nitrogens is 1. The Morgan fingerprint density at radius 2 is 1.50 bits per heavy atom. The lowest BCUT2D eigenvalue weighted by Gasteiger charge is -2.24. The zero-order valence-corrected chi connectivity index (χ0v) is 17.8. The topological polar surface area (TPSA) is 120 Å². The monoisotopic (exact) mass is 445 g/mol. The van der Waals surface area contributed by atoms with Crippen molar-refractivity contribution in [3.63, 3.8) is 0 Å². The van der Waals surface area contributed by atoms with Crippen LogP contribution in [-0.4, -0.2) is 26.4 Å². The molecule has 0 saturated carbocycles. The van der Waals surface area contributed by atoms with E-state index in [4.69, 9.17) is 0 Å². The van der Waals surface area contributed by atoms with Crippen molar-refractivity contribution in [3.8, 4) is 0 Å². The summed E-state index contributed by atoms with van der Waals surface area (Å²) in [6.07, 6.45) is 0. The normalized spacial score (nSPS) is 12.5. The number of hydrazine groups is 1. The standard InChI is InChI=1S/C20H19N3O5S2/c1-13-11-12-14(2)20-18(13)19-16(21-20)9-6-10-17(19)23(22-30(26,27)28)29(24,25)15-7-4-3-5-8-15/h3-12,21-22H,1-2H3,(H,26,27,28). The fourth-order valence-corrected chi connectivity index (χ4v) is 5.64. The van der Waals surface area contributed by atoms with E-state index in [-0.39, 0.29) is 10.6 Å². The molecule has 0 spiro atoms. The summed E-state index contributed by atoms with van der Waals surface area (Å²) in [7, 11) is -9.28. The summed E-state index contributed by atoms with van der Waals surface area (Å²) in [6.45, 7) is 3.81. The van der Waals surface area contributed by atoms with Gasteiger partial charge in [0.1, 0.15) is 0 Å². The van der Waals surface area contributed by atoms with Crippen LogP contribution in [0.5, 0.6) is 0 Å². The van der Waals surface area contributed by atoms with Gasteiger partial charge < -0.3 is 4.98 Å². The van der Waals surface area contributed by atoms with E-state index in [0.717, 1.165) is 22.0 Å². The van der Waals surface area contributed by atoms with Gasteiger partial charge in [0.15, 0.2) is 0 Å². The van der Waals surface area contributed by atoms with Gasteiger partial charge in [-0.15, -0.1) is 0 Å². The molecule has 3 N–H and O–H groups in total. The van der Waals surface area contributed by atoms with Crippen LogP contribution in [0.4, 0.5) is 5.69 Å². The molecule has 1 aromatic heterocycles. The van der Waals surface area contributed by atoms with E-state index in [9.17, 15) is 21.4 Å². The molecule has 3 aromatic carbocycles. The number of sulfonamides is 1. The molecule has 0 aliphatic heterocycles. The highest BCUT2D eigenvalue weighted by atomic mass is 32.2. The third-order valence-corrected chi connectivity index (χ3v) is 7.04. The van der Waals surface area contributed by atoms with Crippen molar-refractivity contribution in [1.29, 1.82) is 0 Å². The predicted molar refractivity (Wildman–Crippen MR) is 116 cm³/mol. The van der Waals surface area contributed by atoms with Crippen molar-refractivity contribution in [2.45, 2.75) is 18.7 Å². The Morgan fingerprint density at radius 3 is 2.17 bits per heavy atom. The first-order valence-electron chi connectivity index (χ1n) is 8.95. The maximum Gasteiger partial charge on any atom is 0.351 e. The Balaban J connectivity index is 2.09. The van der Waals surface area contributed by atoms with Crippen LogP contribution in [0.15, 0.2) is 65.6 Å². The lowest BCUT2D eigenvalue weighted by atomic mass is 10.0. The van der Waals surface area contributed by atoms with Gasteiger partial charge in [0, 0.05) is 21.8 Å². The van der Waals surface area contributed by atoms with E-state index in [1.807, 2.05) is 26.0 Å². The minimum absolute atomic E-state index is 0.0638. The number of fused-ring (bicyclic) bond motifs is 3. The molecule has 0 saturated heterocycles. The van der Waals surface area contributed by atoms with Gasteiger partial charge in [0.2, 0.25) is 0 Å². The first-order valence-corrected chi connectivity index (χ1v) is 11.8. The first kappa shape index (κ1) is 20.4. The highest BCUT2D eigenvalue weighted by Crippen LogP contribution is 2.38. The summed E-state index contributed by atoms with van der Waals surface area (Å²) in [5.74, 6) is 0. The molecule has 0 fully saturated rings. The third kappa shape index (κ3) is 3.43. The summed E-state index contributed by atoms with van der Waals surface area (Å²) in [6, 6.07) is 16.1. The quantitative estimate of drug-likeness (QED) is 0.321. The van der Waals surface area contributed by atoms with Gasteiger partial charge in [0.05, 0.1) is 10.6 Å². The first-order chi connectivity index (χ1) is 14.1. The maximum absolute atomic E-state index is 13.3. The van der Waals surface area contributed by atoms with Gasteiger partial charge >= 0.3 is 10.3 Å². The molecule has 0 amide bonds. The van der Waals surface area contributed by atoms with Crippen LogP contribution in [0.3, 0.4) is 0 Å². The van der Waals surface area contributed by atoms with Crippen molar-refractivity contribution >= 4 is 47.8 Å². The second-order valence-electron chi connectivity index (χ2n) is 6.92. The number of nitrogens with one attached hydrogen (secondary N) is 2. The van der Waals surface area contributed by atoms with E-state index in [1.54, 1.807) is 23.0 Å². The highest BCUT2D eigenvalue weighted by molar-refractivity contribution is 7.94. The van der Waals surface area contributed by atoms with Crippen LogP contribution >= 0.6 is 0 Å². The Hall–Kier alpha value is -2.92. The van der Waals surface area contributed by atoms with Crippen LogP contribution < -0.4 is 9.25 Å². The molecule has 8 nitrogen and oxygen atoms in total. The highest BCUT2D eigenvalue weighted by Gasteiger charge is 2.30. The number of hydrogen-bond donors (Lipinski definition) is 3. The van der Waals surface area contributed by atoms with Gasteiger partial charge in [-0.2, -0.15) is 21.2 Å². The Bertz CT molecular complexity index is 1480. The molecule has 0 aliphatic carbocycles. The van der Waals surface area contributed by atoms with Gasteiger partial charge in [-0.05, 0) is 49.2 Å². The average Bonchev–Trinajstić information content (AvgIpc) is 3.10. The number of aryl methyl sites for hydroxylation is 2. The predicted octanol–water partition coefficient (Wildman–Crippen LogP) is 3.44. The molecular formula is C20H19N3O5S2. The molecule has 1 heterocycles. The number of rotatable bonds is 5. The van der Waals surface area contributed by atoms with E-state index in [2.05, 4.69) is 4.98 Å². The summed E-state index contributed by atoms with van der Waals surface area (Å²) in [5, 5.41) is 1.29. The maximum atomic E-state index is 13.3. The number of aromatic amines is 1. The Labute approximate surface area is 174 Å². The summed E-state index contributed by atoms with van der Waals surface area (Å²) in [4.78, 5) is 4.89. The van der Waals surface area contributed by atoms with Crippen LogP contribution in [-0.2, 0) is 20.3 Å². The van der Waals surface area contributed by atoms with Gasteiger partial charge in [-0.1, -0.05) is 41.2 Å². The Kier molecular flexibility index (Phi) is 4.82. The molecular weight excluding hydrogens is 426 g/mol. The second-order valence-corrected chi connectivity index (χ2v) is 9.84. The largest absolute Gasteiger partial charge is 0.354 e. The van der Waals surface area contributed by atoms with Crippen LogP contribution in [0.1, 0.15) is 11.1 Å². The molecule has 30 heavy (non-hydrogen) atoms. The second kappa shape index (κ2) is 7.10. The lowest BCUT2D eigenvalue weighted by molar-refractivity contribution is 0.468. The molecule has 4 rings (SSSR count). The van der Waals surface area contributed by atoms with E-state index < -0.39 is 20.3 Å². The van der Waals surface area contributed by atoms with Crippen molar-refractivity contribution in [3.05, 3.63) is 71.8 Å². The van der Waals surface area contributed by atoms with Crippen molar-refractivity contribution < 1.29 is 21.4 Å².